The molecule has 0 saturated carbocycles. The van der Waals surface area contributed by atoms with E-state index in [1.807, 2.05) is 0 Å². The number of para-hydroxylation sites is 2. The Morgan fingerprint density at radius 2 is 1.72 bits per heavy atom. The highest BCUT2D eigenvalue weighted by atomic mass is 16.4. The molecular weight excluding hydrogens is 324 g/mol. The monoisotopic (exact) mass is 336 g/mol. The molecule has 0 spiro atoms. The van der Waals surface area contributed by atoms with Crippen molar-refractivity contribution in [3.05, 3.63) is 79.8 Å². The Bertz CT molecular complexity index is 1270. The van der Waals surface area contributed by atoms with Crippen molar-refractivity contribution in [3.8, 4) is 0 Å². The van der Waals surface area contributed by atoms with Gasteiger partial charge in [0.1, 0.15) is 6.67 Å². The average molecular weight is 336 g/mol. The van der Waals surface area contributed by atoms with Crippen molar-refractivity contribution in [2.75, 3.05) is 5.32 Å². The molecule has 0 saturated heterocycles. The molecule has 8 nitrogen and oxygen atoms in total. The van der Waals surface area contributed by atoms with Gasteiger partial charge in [0, 0.05) is 0 Å². The molecule has 0 fully saturated rings. The number of aromatic amines is 1. The van der Waals surface area contributed by atoms with Gasteiger partial charge in [0.25, 0.3) is 11.6 Å². The summed E-state index contributed by atoms with van der Waals surface area (Å²) in [5.41, 5.74) is -0.646. The predicted octanol–water partition coefficient (Wildman–Crippen LogP) is 1.26. The van der Waals surface area contributed by atoms with Crippen molar-refractivity contribution in [2.45, 2.75) is 6.67 Å². The number of H-pyrrole nitrogens is 1. The summed E-state index contributed by atoms with van der Waals surface area (Å²) in [6.07, 6.45) is 0. The number of fused-ring (bicyclic) bond motifs is 2. The third-order valence-corrected chi connectivity index (χ3v) is 3.81. The molecule has 0 radical (unpaired) electrons. The highest BCUT2D eigenvalue weighted by Gasteiger charge is 2.09. The molecule has 2 heterocycles. The van der Waals surface area contributed by atoms with Crippen molar-refractivity contribution in [1.82, 2.24) is 14.5 Å². The SMILES string of the molecule is O=c1oc(NCn2c(=O)[nH]c3ccccc3c2=O)nc2ccccc12. The van der Waals surface area contributed by atoms with Gasteiger partial charge in [-0.25, -0.2) is 14.2 Å². The van der Waals surface area contributed by atoms with Crippen LogP contribution in [0.1, 0.15) is 0 Å². The van der Waals surface area contributed by atoms with E-state index >= 15 is 0 Å². The van der Waals surface area contributed by atoms with Gasteiger partial charge in [-0.2, -0.15) is 4.98 Å². The van der Waals surface area contributed by atoms with E-state index < -0.39 is 16.9 Å². The number of nitrogens with zero attached hydrogens (tertiary/aromatic N) is 2. The number of anilines is 1. The van der Waals surface area contributed by atoms with Gasteiger partial charge >= 0.3 is 11.3 Å². The van der Waals surface area contributed by atoms with Gasteiger partial charge in [0.05, 0.1) is 21.8 Å². The van der Waals surface area contributed by atoms with Crippen molar-refractivity contribution in [1.29, 1.82) is 0 Å². The van der Waals surface area contributed by atoms with Crippen LogP contribution in [0, 0.1) is 0 Å². The van der Waals surface area contributed by atoms with Crippen LogP contribution in [0.2, 0.25) is 0 Å². The number of nitrogens with one attached hydrogen (secondary N) is 2. The van der Waals surface area contributed by atoms with Crippen LogP contribution in [0.15, 0.2) is 67.3 Å². The summed E-state index contributed by atoms with van der Waals surface area (Å²) in [5, 5.41) is 3.45. The van der Waals surface area contributed by atoms with Crippen LogP contribution in [-0.4, -0.2) is 14.5 Å². The minimum Gasteiger partial charge on any atom is -0.389 e. The third-order valence-electron chi connectivity index (χ3n) is 3.81. The van der Waals surface area contributed by atoms with E-state index in [1.54, 1.807) is 48.5 Å². The van der Waals surface area contributed by atoms with E-state index in [0.717, 1.165) is 4.57 Å². The second kappa shape index (κ2) is 5.75. The van der Waals surface area contributed by atoms with Crippen LogP contribution in [0.4, 0.5) is 6.01 Å². The Kier molecular flexibility index (Phi) is 3.42. The molecule has 2 N–H and O–H groups in total. The van der Waals surface area contributed by atoms with Crippen LogP contribution in [0.5, 0.6) is 0 Å². The Balaban J connectivity index is 1.73. The highest BCUT2D eigenvalue weighted by Crippen LogP contribution is 2.10. The van der Waals surface area contributed by atoms with Gasteiger partial charge in [-0.3, -0.25) is 4.79 Å². The maximum Gasteiger partial charge on any atom is 0.348 e. The van der Waals surface area contributed by atoms with Crippen molar-refractivity contribution in [3.63, 3.8) is 0 Å². The first-order valence-electron chi connectivity index (χ1n) is 7.49. The zero-order valence-corrected chi connectivity index (χ0v) is 12.9. The first-order chi connectivity index (χ1) is 12.1. The molecule has 2 aromatic heterocycles. The van der Waals surface area contributed by atoms with Gasteiger partial charge in [-0.05, 0) is 24.3 Å². The molecule has 0 aliphatic heterocycles. The zero-order valence-electron chi connectivity index (χ0n) is 12.9. The van der Waals surface area contributed by atoms with Crippen LogP contribution in [-0.2, 0) is 6.67 Å². The maximum atomic E-state index is 12.4. The summed E-state index contributed by atoms with van der Waals surface area (Å²) in [6.45, 7) is -0.187. The molecule has 25 heavy (non-hydrogen) atoms. The lowest BCUT2D eigenvalue weighted by Gasteiger charge is -2.08. The molecule has 0 unspecified atom stereocenters. The number of hydrogen-bond donors (Lipinski definition) is 2. The second-order valence-corrected chi connectivity index (χ2v) is 5.37. The first-order valence-corrected chi connectivity index (χ1v) is 7.49. The third kappa shape index (κ3) is 2.59. The van der Waals surface area contributed by atoms with E-state index in [-0.39, 0.29) is 12.7 Å². The Morgan fingerprint density at radius 1 is 1.00 bits per heavy atom. The Hall–Kier alpha value is -3.68. The number of benzene rings is 2. The molecule has 0 atom stereocenters. The maximum absolute atomic E-state index is 12.4. The lowest BCUT2D eigenvalue weighted by atomic mass is 10.2. The Labute approximate surface area is 139 Å². The fraction of sp³-hybridized carbons (Fsp3) is 0.0588. The van der Waals surface area contributed by atoms with Crippen LogP contribution >= 0.6 is 0 Å². The predicted molar refractivity (Wildman–Crippen MR) is 92.7 cm³/mol. The molecule has 0 bridgehead atoms. The van der Waals surface area contributed by atoms with E-state index in [4.69, 9.17) is 4.42 Å². The van der Waals surface area contributed by atoms with E-state index in [2.05, 4.69) is 15.3 Å². The molecule has 4 aromatic rings. The average Bonchev–Trinajstić information content (AvgIpc) is 2.61. The number of hydrogen-bond acceptors (Lipinski definition) is 6. The van der Waals surface area contributed by atoms with Crippen LogP contribution in [0.25, 0.3) is 21.8 Å². The van der Waals surface area contributed by atoms with Gasteiger partial charge in [-0.1, -0.05) is 24.3 Å². The lowest BCUT2D eigenvalue weighted by Crippen LogP contribution is -2.37. The topological polar surface area (TPSA) is 110 Å². The summed E-state index contributed by atoms with van der Waals surface area (Å²) in [7, 11) is 0. The minimum atomic E-state index is -0.570. The van der Waals surface area contributed by atoms with E-state index in [0.29, 0.717) is 21.8 Å². The van der Waals surface area contributed by atoms with Crippen LogP contribution < -0.4 is 22.2 Å². The molecule has 0 aliphatic rings. The van der Waals surface area contributed by atoms with E-state index in [9.17, 15) is 14.4 Å². The molecule has 4 rings (SSSR count). The smallest absolute Gasteiger partial charge is 0.348 e. The van der Waals surface area contributed by atoms with Crippen molar-refractivity contribution < 1.29 is 4.42 Å². The number of rotatable bonds is 3. The summed E-state index contributed by atoms with van der Waals surface area (Å²) in [4.78, 5) is 43.3. The highest BCUT2D eigenvalue weighted by molar-refractivity contribution is 5.78. The second-order valence-electron chi connectivity index (χ2n) is 5.37. The summed E-state index contributed by atoms with van der Waals surface area (Å²) in [6, 6.07) is 13.4. The summed E-state index contributed by atoms with van der Waals surface area (Å²) in [5.74, 6) is 0. The van der Waals surface area contributed by atoms with E-state index in [1.165, 1.54) is 0 Å². The largest absolute Gasteiger partial charge is 0.389 e. The quantitative estimate of drug-likeness (QED) is 0.583. The lowest BCUT2D eigenvalue weighted by molar-refractivity contribution is 0.507. The van der Waals surface area contributed by atoms with Gasteiger partial charge in [0.15, 0.2) is 0 Å². The van der Waals surface area contributed by atoms with Gasteiger partial charge in [0.2, 0.25) is 0 Å². The minimum absolute atomic E-state index is 0.0665. The molecule has 0 aliphatic carbocycles. The summed E-state index contributed by atoms with van der Waals surface area (Å²) >= 11 is 0. The standard InChI is InChI=1S/C17H12N4O4/c22-14-10-5-1-3-7-12(10)20-17(24)21(14)9-18-16-19-13-8-4-2-6-11(13)15(23)25-16/h1-8H,9H2,(H,18,19)(H,20,24). The van der Waals surface area contributed by atoms with Gasteiger partial charge in [-0.15, -0.1) is 0 Å². The zero-order chi connectivity index (χ0) is 17.4. The number of aromatic nitrogens is 3. The summed E-state index contributed by atoms with van der Waals surface area (Å²) < 4.78 is 6.05. The van der Waals surface area contributed by atoms with Crippen LogP contribution in [0.3, 0.4) is 0 Å². The molecule has 8 heteroatoms. The van der Waals surface area contributed by atoms with Gasteiger partial charge < -0.3 is 14.7 Å². The first kappa shape index (κ1) is 14.9. The fourth-order valence-electron chi connectivity index (χ4n) is 2.58. The molecule has 0 amide bonds. The Morgan fingerprint density at radius 3 is 2.56 bits per heavy atom. The van der Waals surface area contributed by atoms with Crippen molar-refractivity contribution >= 4 is 27.8 Å². The molecule has 2 aromatic carbocycles. The molecular formula is C17H12N4O4. The fourth-order valence-corrected chi connectivity index (χ4v) is 2.58. The normalized spacial score (nSPS) is 11.0. The molecule has 124 valence electrons. The van der Waals surface area contributed by atoms with Crippen molar-refractivity contribution in [2.24, 2.45) is 0 Å².